The topological polar surface area (TPSA) is 38.2 Å². The largest absolute Gasteiger partial charge is 0.379 e. The van der Waals surface area contributed by atoms with E-state index in [0.717, 1.165) is 31.4 Å². The molecule has 1 fully saturated rings. The van der Waals surface area contributed by atoms with Crippen molar-refractivity contribution in [3.8, 4) is 0 Å². The van der Waals surface area contributed by atoms with Crippen LogP contribution in [0.15, 0.2) is 6.33 Å². The second-order valence-electron chi connectivity index (χ2n) is 3.35. The van der Waals surface area contributed by atoms with Crippen LogP contribution in [-0.2, 0) is 4.74 Å². The molecule has 0 N–H and O–H groups in total. The van der Waals surface area contributed by atoms with Gasteiger partial charge in [-0.1, -0.05) is 6.92 Å². The molecule has 72 valence electrons. The number of hydrogen-bond donors (Lipinski definition) is 0. The first-order chi connectivity index (χ1) is 6.36. The van der Waals surface area contributed by atoms with Crippen molar-refractivity contribution in [1.29, 1.82) is 0 Å². The van der Waals surface area contributed by atoms with Crippen molar-refractivity contribution in [2.45, 2.75) is 6.92 Å². The van der Waals surface area contributed by atoms with Gasteiger partial charge in [0.05, 0.1) is 13.2 Å². The van der Waals surface area contributed by atoms with Crippen LogP contribution in [0.25, 0.3) is 0 Å². The molecule has 4 nitrogen and oxygen atoms in total. The predicted octanol–water partition coefficient (Wildman–Crippen LogP) is 1.01. The molecule has 5 heteroatoms. The monoisotopic (exact) mass is 199 g/mol. The Morgan fingerprint density at radius 1 is 1.69 bits per heavy atom. The second-order valence-corrected chi connectivity index (χ2v) is 4.11. The molecule has 0 saturated carbocycles. The molecule has 0 aliphatic carbocycles. The number of hydrogen-bond acceptors (Lipinski definition) is 5. The van der Waals surface area contributed by atoms with Crippen LogP contribution in [0.4, 0.5) is 5.13 Å². The number of ether oxygens (including phenoxy) is 1. The van der Waals surface area contributed by atoms with Crippen LogP contribution >= 0.6 is 11.5 Å². The zero-order chi connectivity index (χ0) is 9.10. The van der Waals surface area contributed by atoms with Gasteiger partial charge >= 0.3 is 0 Å². The first kappa shape index (κ1) is 8.90. The van der Waals surface area contributed by atoms with E-state index >= 15 is 0 Å². The Morgan fingerprint density at radius 2 is 2.62 bits per heavy atom. The number of rotatable bonds is 1. The summed E-state index contributed by atoms with van der Waals surface area (Å²) >= 11 is 1.45. The average Bonchev–Trinajstić information content (AvgIpc) is 2.56. The van der Waals surface area contributed by atoms with Gasteiger partial charge in [0.25, 0.3) is 0 Å². The van der Waals surface area contributed by atoms with Crippen LogP contribution in [0.2, 0.25) is 0 Å². The van der Waals surface area contributed by atoms with E-state index in [2.05, 4.69) is 21.2 Å². The van der Waals surface area contributed by atoms with E-state index in [0.29, 0.717) is 5.92 Å². The Labute approximate surface area is 81.7 Å². The van der Waals surface area contributed by atoms with Gasteiger partial charge in [-0.3, -0.25) is 0 Å². The van der Waals surface area contributed by atoms with Gasteiger partial charge in [0.1, 0.15) is 6.33 Å². The molecule has 0 spiro atoms. The van der Waals surface area contributed by atoms with Gasteiger partial charge in [-0.25, -0.2) is 4.98 Å². The normalized spacial score (nSPS) is 24.4. The van der Waals surface area contributed by atoms with Crippen molar-refractivity contribution in [2.24, 2.45) is 5.92 Å². The molecule has 1 aromatic heterocycles. The van der Waals surface area contributed by atoms with E-state index in [-0.39, 0.29) is 0 Å². The Bertz CT molecular complexity index is 252. The van der Waals surface area contributed by atoms with Crippen LogP contribution in [0.1, 0.15) is 6.92 Å². The molecule has 1 aliphatic heterocycles. The fourth-order valence-electron chi connectivity index (χ4n) is 1.46. The summed E-state index contributed by atoms with van der Waals surface area (Å²) in [6.45, 7) is 5.80. The molecule has 0 amide bonds. The van der Waals surface area contributed by atoms with Crippen LogP contribution < -0.4 is 4.90 Å². The summed E-state index contributed by atoms with van der Waals surface area (Å²) in [7, 11) is 0. The number of aromatic nitrogens is 2. The van der Waals surface area contributed by atoms with Crippen LogP contribution in [0, 0.1) is 5.92 Å². The smallest absolute Gasteiger partial charge is 0.205 e. The van der Waals surface area contributed by atoms with E-state index in [9.17, 15) is 0 Å². The Hall–Kier alpha value is -0.680. The van der Waals surface area contributed by atoms with Gasteiger partial charge in [-0.2, -0.15) is 4.37 Å². The zero-order valence-corrected chi connectivity index (χ0v) is 8.46. The van der Waals surface area contributed by atoms with Gasteiger partial charge in [-0.15, -0.1) is 0 Å². The third-order valence-electron chi connectivity index (χ3n) is 2.06. The van der Waals surface area contributed by atoms with Crippen molar-refractivity contribution < 1.29 is 4.74 Å². The molecule has 0 bridgehead atoms. The highest BCUT2D eigenvalue weighted by Crippen LogP contribution is 2.17. The highest BCUT2D eigenvalue weighted by molar-refractivity contribution is 7.09. The van der Waals surface area contributed by atoms with Gasteiger partial charge in [0.2, 0.25) is 5.13 Å². The highest BCUT2D eigenvalue weighted by atomic mass is 32.1. The summed E-state index contributed by atoms with van der Waals surface area (Å²) in [4.78, 5) is 6.44. The summed E-state index contributed by atoms with van der Waals surface area (Å²) in [6.07, 6.45) is 1.61. The van der Waals surface area contributed by atoms with Crippen molar-refractivity contribution in [2.75, 3.05) is 31.2 Å². The molecular formula is C8H13N3OS. The van der Waals surface area contributed by atoms with E-state index in [1.54, 1.807) is 6.33 Å². The lowest BCUT2D eigenvalue weighted by atomic mass is 10.2. The van der Waals surface area contributed by atoms with Crippen LogP contribution in [0.3, 0.4) is 0 Å². The van der Waals surface area contributed by atoms with Crippen molar-refractivity contribution in [3.05, 3.63) is 6.33 Å². The Kier molecular flexibility index (Phi) is 2.75. The van der Waals surface area contributed by atoms with Gasteiger partial charge in [-0.05, 0) is 5.92 Å². The molecule has 2 heterocycles. The van der Waals surface area contributed by atoms with Crippen LogP contribution in [-0.4, -0.2) is 35.7 Å². The summed E-state index contributed by atoms with van der Waals surface area (Å²) in [5, 5.41) is 1.01. The SMILES string of the molecule is CC1COCCN(c2ncns2)C1. The van der Waals surface area contributed by atoms with E-state index < -0.39 is 0 Å². The minimum Gasteiger partial charge on any atom is -0.379 e. The van der Waals surface area contributed by atoms with Gasteiger partial charge in [0.15, 0.2) is 0 Å². The minimum absolute atomic E-state index is 0.575. The lowest BCUT2D eigenvalue weighted by Gasteiger charge is -2.19. The summed E-state index contributed by atoms with van der Waals surface area (Å²) in [5.74, 6) is 0.575. The molecule has 1 atom stereocenters. The number of anilines is 1. The molecule has 1 aromatic rings. The van der Waals surface area contributed by atoms with Gasteiger partial charge < -0.3 is 9.64 Å². The summed E-state index contributed by atoms with van der Waals surface area (Å²) in [5.41, 5.74) is 0. The van der Waals surface area contributed by atoms with Gasteiger partial charge in [0, 0.05) is 24.6 Å². The van der Waals surface area contributed by atoms with E-state index in [4.69, 9.17) is 4.74 Å². The van der Waals surface area contributed by atoms with Crippen molar-refractivity contribution >= 4 is 16.7 Å². The molecule has 1 unspecified atom stereocenters. The fourth-order valence-corrected chi connectivity index (χ4v) is 2.02. The molecule has 0 radical (unpaired) electrons. The third kappa shape index (κ3) is 2.16. The standard InChI is InChI=1S/C8H13N3OS/c1-7-4-11(2-3-12-5-7)8-9-6-10-13-8/h6-7H,2-5H2,1H3. The second kappa shape index (κ2) is 4.02. The fraction of sp³-hybridized carbons (Fsp3) is 0.750. The molecule has 1 saturated heterocycles. The maximum atomic E-state index is 5.45. The van der Waals surface area contributed by atoms with E-state index in [1.165, 1.54) is 11.5 Å². The predicted molar refractivity (Wildman–Crippen MR) is 52.1 cm³/mol. The maximum absolute atomic E-state index is 5.45. The first-order valence-electron chi connectivity index (χ1n) is 4.45. The molecule has 13 heavy (non-hydrogen) atoms. The molecular weight excluding hydrogens is 186 g/mol. The van der Waals surface area contributed by atoms with Crippen molar-refractivity contribution in [3.63, 3.8) is 0 Å². The first-order valence-corrected chi connectivity index (χ1v) is 5.23. The molecule has 0 aromatic carbocycles. The summed E-state index contributed by atoms with van der Waals surface area (Å²) < 4.78 is 9.45. The maximum Gasteiger partial charge on any atom is 0.205 e. The highest BCUT2D eigenvalue weighted by Gasteiger charge is 2.16. The third-order valence-corrected chi connectivity index (χ3v) is 2.79. The van der Waals surface area contributed by atoms with Crippen LogP contribution in [0.5, 0.6) is 0 Å². The lowest BCUT2D eigenvalue weighted by molar-refractivity contribution is 0.129. The number of nitrogens with zero attached hydrogens (tertiary/aromatic N) is 3. The molecule has 1 aliphatic rings. The lowest BCUT2D eigenvalue weighted by Crippen LogP contribution is -2.28. The minimum atomic E-state index is 0.575. The van der Waals surface area contributed by atoms with Crippen molar-refractivity contribution in [1.82, 2.24) is 9.36 Å². The summed E-state index contributed by atoms with van der Waals surface area (Å²) in [6, 6.07) is 0. The average molecular weight is 199 g/mol. The van der Waals surface area contributed by atoms with E-state index in [1.807, 2.05) is 0 Å². The Balaban J connectivity index is 2.05. The zero-order valence-electron chi connectivity index (χ0n) is 7.64. The molecule has 2 rings (SSSR count). The quantitative estimate of drug-likeness (QED) is 0.676. The Morgan fingerprint density at radius 3 is 3.38 bits per heavy atom.